The molecule has 4 N–H and O–H groups in total. The molecule has 0 aliphatic heterocycles. The van der Waals surface area contributed by atoms with Crippen LogP contribution in [0.4, 0.5) is 0 Å². The van der Waals surface area contributed by atoms with E-state index in [4.69, 9.17) is 15.9 Å². The van der Waals surface area contributed by atoms with Crippen LogP contribution in [0.2, 0.25) is 0 Å². The maximum absolute atomic E-state index is 10.4. The Balaban J connectivity index is 2.88. The van der Waals surface area contributed by atoms with Crippen molar-refractivity contribution in [2.75, 3.05) is 0 Å². The molecule has 54 valence electrons. The van der Waals surface area contributed by atoms with E-state index in [1.165, 1.54) is 6.26 Å². The quantitative estimate of drug-likeness (QED) is 0.565. The van der Waals surface area contributed by atoms with Crippen LogP contribution < -0.4 is 11.5 Å². The highest BCUT2D eigenvalue weighted by Crippen LogP contribution is 1.98. The van der Waals surface area contributed by atoms with E-state index in [1.807, 2.05) is 0 Å². The van der Waals surface area contributed by atoms with E-state index in [2.05, 4.69) is 4.98 Å². The van der Waals surface area contributed by atoms with Gasteiger partial charge in [-0.05, 0) is 0 Å². The summed E-state index contributed by atoms with van der Waals surface area (Å²) in [5.41, 5.74) is 10.1. The van der Waals surface area contributed by atoms with Crippen LogP contribution in [0.1, 0.15) is 16.4 Å². The number of hydrogen-bond donors (Lipinski definition) is 2. The monoisotopic (exact) mass is 141 g/mol. The van der Waals surface area contributed by atoms with Crippen molar-refractivity contribution in [3.8, 4) is 0 Å². The molecule has 10 heavy (non-hydrogen) atoms. The number of oxazole rings is 1. The summed E-state index contributed by atoms with van der Waals surface area (Å²) in [6.45, 7) is 0.174. The number of carbonyl (C=O) groups excluding carboxylic acids is 1. The molecule has 1 rings (SSSR count). The summed E-state index contributed by atoms with van der Waals surface area (Å²) in [5, 5.41) is 0. The van der Waals surface area contributed by atoms with Crippen LogP contribution >= 0.6 is 0 Å². The lowest BCUT2D eigenvalue weighted by Gasteiger charge is -1.81. The maximum Gasteiger partial charge on any atom is 0.270 e. The van der Waals surface area contributed by atoms with Gasteiger partial charge in [0.2, 0.25) is 5.89 Å². The Morgan fingerprint density at radius 2 is 2.50 bits per heavy atom. The minimum absolute atomic E-state index is 0.112. The van der Waals surface area contributed by atoms with Crippen molar-refractivity contribution in [1.29, 1.82) is 0 Å². The van der Waals surface area contributed by atoms with Crippen molar-refractivity contribution in [3.63, 3.8) is 0 Å². The molecule has 0 saturated carbocycles. The molecule has 0 aliphatic carbocycles. The summed E-state index contributed by atoms with van der Waals surface area (Å²) in [6, 6.07) is 0. The third-order valence-corrected chi connectivity index (χ3v) is 0.979. The van der Waals surface area contributed by atoms with Gasteiger partial charge in [0, 0.05) is 0 Å². The van der Waals surface area contributed by atoms with Gasteiger partial charge in [-0.25, -0.2) is 4.98 Å². The summed E-state index contributed by atoms with van der Waals surface area (Å²) >= 11 is 0. The van der Waals surface area contributed by atoms with E-state index in [-0.39, 0.29) is 12.2 Å². The molecule has 0 saturated heterocycles. The van der Waals surface area contributed by atoms with Gasteiger partial charge in [-0.1, -0.05) is 0 Å². The molecular weight excluding hydrogens is 134 g/mol. The first-order chi connectivity index (χ1) is 4.74. The van der Waals surface area contributed by atoms with Crippen molar-refractivity contribution < 1.29 is 9.21 Å². The maximum atomic E-state index is 10.4. The van der Waals surface area contributed by atoms with Crippen LogP contribution in [0.5, 0.6) is 0 Å². The summed E-state index contributed by atoms with van der Waals surface area (Å²) in [6.07, 6.45) is 1.19. The number of amides is 1. The van der Waals surface area contributed by atoms with Gasteiger partial charge in [-0.2, -0.15) is 0 Å². The van der Waals surface area contributed by atoms with Crippen LogP contribution in [0.3, 0.4) is 0 Å². The molecule has 0 radical (unpaired) electrons. The topological polar surface area (TPSA) is 95.1 Å². The van der Waals surface area contributed by atoms with Gasteiger partial charge in [0.05, 0.1) is 6.54 Å². The summed E-state index contributed by atoms with van der Waals surface area (Å²) in [4.78, 5) is 14.1. The van der Waals surface area contributed by atoms with Crippen LogP contribution in [-0.2, 0) is 6.54 Å². The summed E-state index contributed by atoms with van der Waals surface area (Å²) < 4.78 is 4.74. The molecule has 0 bridgehead atoms. The molecule has 0 atom stereocenters. The van der Waals surface area contributed by atoms with Gasteiger partial charge in [0.15, 0.2) is 5.69 Å². The van der Waals surface area contributed by atoms with E-state index < -0.39 is 5.91 Å². The van der Waals surface area contributed by atoms with Gasteiger partial charge < -0.3 is 15.9 Å². The predicted octanol–water partition coefficient (Wildman–Crippen LogP) is -0.768. The molecular formula is C5H7N3O2. The van der Waals surface area contributed by atoms with Crippen molar-refractivity contribution in [1.82, 2.24) is 4.98 Å². The number of nitrogens with two attached hydrogens (primary N) is 2. The molecule has 1 aromatic rings. The highest BCUT2D eigenvalue weighted by molar-refractivity contribution is 5.90. The number of primary amides is 1. The summed E-state index contributed by atoms with van der Waals surface area (Å²) in [5.74, 6) is -0.294. The van der Waals surface area contributed by atoms with E-state index in [0.29, 0.717) is 5.89 Å². The third kappa shape index (κ3) is 1.14. The normalized spacial score (nSPS) is 9.70. The lowest BCUT2D eigenvalue weighted by Crippen LogP contribution is -2.11. The minimum atomic E-state index is -0.608. The molecule has 1 aromatic heterocycles. The van der Waals surface area contributed by atoms with E-state index in [0.717, 1.165) is 0 Å². The highest BCUT2D eigenvalue weighted by Gasteiger charge is 2.05. The Morgan fingerprint density at radius 3 is 2.80 bits per heavy atom. The molecule has 0 spiro atoms. The van der Waals surface area contributed by atoms with Crippen molar-refractivity contribution >= 4 is 5.91 Å². The smallest absolute Gasteiger partial charge is 0.270 e. The van der Waals surface area contributed by atoms with Crippen molar-refractivity contribution in [2.45, 2.75) is 6.54 Å². The lowest BCUT2D eigenvalue weighted by atomic mass is 10.5. The minimum Gasteiger partial charge on any atom is -0.447 e. The van der Waals surface area contributed by atoms with Crippen LogP contribution in [0, 0.1) is 0 Å². The zero-order chi connectivity index (χ0) is 7.56. The Kier molecular flexibility index (Phi) is 1.68. The Bertz CT molecular complexity index is 243. The van der Waals surface area contributed by atoms with Gasteiger partial charge in [-0.15, -0.1) is 0 Å². The Hall–Kier alpha value is -1.36. The molecule has 1 heterocycles. The third-order valence-electron chi connectivity index (χ3n) is 0.979. The molecule has 0 unspecified atom stereocenters. The Labute approximate surface area is 57.0 Å². The summed E-state index contributed by atoms with van der Waals surface area (Å²) in [7, 11) is 0. The van der Waals surface area contributed by atoms with E-state index in [1.54, 1.807) is 0 Å². The number of nitrogens with zero attached hydrogens (tertiary/aromatic N) is 1. The van der Waals surface area contributed by atoms with Crippen molar-refractivity contribution in [2.24, 2.45) is 11.5 Å². The highest BCUT2D eigenvalue weighted by atomic mass is 16.3. The molecule has 0 aliphatic rings. The molecule has 0 aromatic carbocycles. The predicted molar refractivity (Wildman–Crippen MR) is 32.9 cm³/mol. The second-order valence-corrected chi connectivity index (χ2v) is 1.69. The van der Waals surface area contributed by atoms with Gasteiger partial charge >= 0.3 is 0 Å². The molecule has 0 fully saturated rings. The van der Waals surface area contributed by atoms with Gasteiger partial charge in [-0.3, -0.25) is 4.79 Å². The molecule has 1 amide bonds. The first-order valence-electron chi connectivity index (χ1n) is 2.68. The number of carbonyl (C=O) groups is 1. The van der Waals surface area contributed by atoms with Crippen LogP contribution in [0.25, 0.3) is 0 Å². The largest absolute Gasteiger partial charge is 0.447 e. The molecule has 5 nitrogen and oxygen atoms in total. The lowest BCUT2D eigenvalue weighted by molar-refractivity contribution is 0.0995. The Morgan fingerprint density at radius 1 is 1.80 bits per heavy atom. The first-order valence-corrected chi connectivity index (χ1v) is 2.68. The van der Waals surface area contributed by atoms with Gasteiger partial charge in [0.1, 0.15) is 6.26 Å². The first kappa shape index (κ1) is 6.76. The second-order valence-electron chi connectivity index (χ2n) is 1.69. The number of hydrogen-bond acceptors (Lipinski definition) is 4. The van der Waals surface area contributed by atoms with Gasteiger partial charge in [0.25, 0.3) is 5.91 Å². The zero-order valence-corrected chi connectivity index (χ0v) is 5.20. The fourth-order valence-electron chi connectivity index (χ4n) is 0.518. The fraction of sp³-hybridized carbons (Fsp3) is 0.200. The van der Waals surface area contributed by atoms with Crippen LogP contribution in [0.15, 0.2) is 10.7 Å². The SMILES string of the molecule is NCc1nc(C(N)=O)co1. The second kappa shape index (κ2) is 2.49. The molecule has 5 heteroatoms. The van der Waals surface area contributed by atoms with E-state index >= 15 is 0 Å². The standard InChI is InChI=1S/C5H7N3O2/c6-1-4-8-3(2-10-4)5(7)9/h2H,1,6H2,(H2,7,9). The van der Waals surface area contributed by atoms with Crippen LogP contribution in [-0.4, -0.2) is 10.9 Å². The number of rotatable bonds is 2. The van der Waals surface area contributed by atoms with Crippen molar-refractivity contribution in [3.05, 3.63) is 17.8 Å². The zero-order valence-electron chi connectivity index (χ0n) is 5.20. The fourth-order valence-corrected chi connectivity index (χ4v) is 0.518. The average Bonchev–Trinajstić information content (AvgIpc) is 2.34. The number of aromatic nitrogens is 1. The van der Waals surface area contributed by atoms with E-state index in [9.17, 15) is 4.79 Å². The average molecular weight is 141 g/mol.